The lowest BCUT2D eigenvalue weighted by Gasteiger charge is -2.28. The smallest absolute Gasteiger partial charge is 0.123 e. The molecule has 14 aromatic carbocycles. The maximum atomic E-state index is 11.8. The van der Waals surface area contributed by atoms with Gasteiger partial charge >= 0.3 is 0 Å². The van der Waals surface area contributed by atoms with Crippen LogP contribution in [-0.4, -0.2) is 30.6 Å². The molecule has 119 heavy (non-hydrogen) atoms. The molecule has 0 amide bonds. The Balaban J connectivity index is 0.000000187. The minimum Gasteiger partial charge on any atom is -0.508 e. The Kier molecular flexibility index (Phi) is 27.1. The highest BCUT2D eigenvalue weighted by Crippen LogP contribution is 2.44. The number of nitrogen functional groups attached to an aromatic ring is 6. The predicted octanol–water partition coefficient (Wildman–Crippen LogP) is 23.7. The van der Waals surface area contributed by atoms with Crippen LogP contribution in [0.4, 0.5) is 34.1 Å². The van der Waals surface area contributed by atoms with Crippen LogP contribution < -0.4 is 34.4 Å². The fourth-order valence-corrected chi connectivity index (χ4v) is 17.1. The molecule has 616 valence electrons. The number of aromatic hydroxyl groups is 6. The highest BCUT2D eigenvalue weighted by atomic mass is 16.3. The van der Waals surface area contributed by atoms with Gasteiger partial charge in [0.25, 0.3) is 0 Å². The number of aryl methyl sites for hydroxylation is 14. The second-order valence-corrected chi connectivity index (χ2v) is 33.6. The van der Waals surface area contributed by atoms with Crippen LogP contribution in [0.25, 0.3) is 21.5 Å². The van der Waals surface area contributed by atoms with Crippen molar-refractivity contribution in [1.82, 2.24) is 0 Å². The Morgan fingerprint density at radius 2 is 0.462 bits per heavy atom. The van der Waals surface area contributed by atoms with Crippen LogP contribution in [0.1, 0.15) is 207 Å². The van der Waals surface area contributed by atoms with Gasteiger partial charge < -0.3 is 65.0 Å². The molecule has 0 aliphatic rings. The second-order valence-electron chi connectivity index (χ2n) is 33.6. The van der Waals surface area contributed by atoms with Gasteiger partial charge in [0.05, 0.1) is 0 Å². The fourth-order valence-electron chi connectivity index (χ4n) is 17.1. The number of anilines is 6. The maximum absolute atomic E-state index is 11.8. The quantitative estimate of drug-likeness (QED) is 0.0358. The van der Waals surface area contributed by atoms with Crippen molar-refractivity contribution in [3.8, 4) is 34.5 Å². The Hall–Kier alpha value is -12.8. The van der Waals surface area contributed by atoms with Crippen LogP contribution in [-0.2, 0) is 56.8 Å². The van der Waals surface area contributed by atoms with Crippen molar-refractivity contribution >= 4 is 55.7 Å². The van der Waals surface area contributed by atoms with E-state index < -0.39 is 0 Å². The zero-order valence-electron chi connectivity index (χ0n) is 70.8. The average Bonchev–Trinajstić information content (AvgIpc) is 0.751. The van der Waals surface area contributed by atoms with E-state index in [0.29, 0.717) is 57.1 Å². The zero-order valence-corrected chi connectivity index (χ0v) is 70.8. The van der Waals surface area contributed by atoms with E-state index >= 15 is 0 Å². The molecule has 0 atom stereocenters. The molecule has 0 radical (unpaired) electrons. The summed E-state index contributed by atoms with van der Waals surface area (Å²) >= 11 is 0. The summed E-state index contributed by atoms with van der Waals surface area (Å²) in [5, 5.41) is 71.6. The van der Waals surface area contributed by atoms with E-state index in [-0.39, 0.29) is 49.0 Å². The first-order valence-electron chi connectivity index (χ1n) is 40.3. The molecule has 0 bridgehead atoms. The van der Waals surface area contributed by atoms with E-state index in [9.17, 15) is 30.6 Å². The summed E-state index contributed by atoms with van der Waals surface area (Å²) in [6.45, 7) is 32.6. The van der Waals surface area contributed by atoms with Crippen molar-refractivity contribution in [3.05, 3.63) is 372 Å². The number of phenols is 6. The molecule has 12 heteroatoms. The van der Waals surface area contributed by atoms with E-state index in [4.69, 9.17) is 34.4 Å². The molecule has 0 aliphatic heterocycles. The van der Waals surface area contributed by atoms with E-state index in [1.807, 2.05) is 164 Å². The molecular formula is C107H122N6O6. The van der Waals surface area contributed by atoms with Gasteiger partial charge in [0.1, 0.15) is 34.5 Å². The van der Waals surface area contributed by atoms with Crippen molar-refractivity contribution < 1.29 is 30.6 Å². The van der Waals surface area contributed by atoms with Crippen molar-refractivity contribution in [2.45, 2.75) is 182 Å². The molecule has 0 aromatic heterocycles. The zero-order chi connectivity index (χ0) is 84.5. The van der Waals surface area contributed by atoms with Gasteiger partial charge in [0.15, 0.2) is 0 Å². The Morgan fingerprint density at radius 3 is 0.748 bits per heavy atom. The lowest BCUT2D eigenvalue weighted by Crippen LogP contribution is -2.19. The number of nitrogens with two attached hydrogens (primary N) is 6. The SMILES string of the molecule is C.C.Cc1cc(Cc2cc(C(C)(C)c3ccc(O)cc3)cc(Cc3cc(C)c(N)c(C)c3)c2O)cc(C)c1N.Cc1cc(Cc2cc(C)c(N)c(C)c2)c(O)c(Cc2cc(C)cc(Cc3cc(C)c(N)c(C)c3)c2O)c1.Cc1cc(Cc2cc3ccccc3c(Cc3cc4ccccc4c(Cc4cc(C)c(N)c(C)c4)c3O)c2O)cc(C)c1N. The number of hydrogen-bond acceptors (Lipinski definition) is 12. The normalized spacial score (nSPS) is 11.2. The monoisotopic (exact) mass is 1590 g/mol. The number of phenolic OH excluding ortho intramolecular Hbond substituents is 6. The first kappa shape index (κ1) is 88.6. The third-order valence-corrected chi connectivity index (χ3v) is 23.8. The number of benzene rings is 14. The Morgan fingerprint density at radius 1 is 0.235 bits per heavy atom. The molecule has 14 aromatic rings. The summed E-state index contributed by atoms with van der Waals surface area (Å²) in [7, 11) is 0. The van der Waals surface area contributed by atoms with Crippen molar-refractivity contribution in [1.29, 1.82) is 0 Å². The largest absolute Gasteiger partial charge is 0.508 e. The van der Waals surface area contributed by atoms with Crippen LogP contribution in [0.5, 0.6) is 34.5 Å². The van der Waals surface area contributed by atoms with Gasteiger partial charge in [-0.15, -0.1) is 0 Å². The predicted molar refractivity (Wildman–Crippen MR) is 503 cm³/mol. The molecule has 0 unspecified atom stereocenters. The molecule has 0 heterocycles. The van der Waals surface area contributed by atoms with E-state index in [2.05, 4.69) is 129 Å². The summed E-state index contributed by atoms with van der Waals surface area (Å²) < 4.78 is 0. The molecule has 0 aliphatic carbocycles. The summed E-state index contributed by atoms with van der Waals surface area (Å²) in [4.78, 5) is 0. The van der Waals surface area contributed by atoms with Crippen molar-refractivity contribution in [3.63, 3.8) is 0 Å². The average molecular weight is 1590 g/mol. The summed E-state index contributed by atoms with van der Waals surface area (Å²) in [5.74, 6) is 1.67. The third-order valence-electron chi connectivity index (χ3n) is 23.8. The van der Waals surface area contributed by atoms with Gasteiger partial charge in [-0.2, -0.15) is 0 Å². The van der Waals surface area contributed by atoms with Crippen LogP contribution in [0.2, 0.25) is 0 Å². The van der Waals surface area contributed by atoms with Crippen LogP contribution in [0.3, 0.4) is 0 Å². The highest BCUT2D eigenvalue weighted by molar-refractivity contribution is 5.92. The molecule has 0 spiro atoms. The van der Waals surface area contributed by atoms with Crippen LogP contribution in [0, 0.1) is 96.9 Å². The maximum Gasteiger partial charge on any atom is 0.123 e. The molecule has 12 nitrogen and oxygen atoms in total. The third kappa shape index (κ3) is 19.6. The van der Waals surface area contributed by atoms with E-state index in [1.165, 1.54) is 0 Å². The minimum atomic E-state index is -0.342. The Labute approximate surface area is 705 Å². The highest BCUT2D eigenvalue weighted by Gasteiger charge is 2.28. The van der Waals surface area contributed by atoms with E-state index in [1.54, 1.807) is 12.1 Å². The summed E-state index contributed by atoms with van der Waals surface area (Å²) in [6, 6.07) is 65.3. The first-order chi connectivity index (χ1) is 55.4. The first-order valence-corrected chi connectivity index (χ1v) is 40.3. The standard InChI is InChI=1S/C39H38N2O2.2C33H38N2O2.2CH4/c1-22-13-26(14-23(2)36(22)40)17-30-19-28-9-6-8-12-33(28)35(38(30)42)21-31-20-29-10-5-7-11-32(29)34(39(31)43)18-27-15-24(3)37(41)25(4)16-27;1-18-7-26(15-24-11-20(3)30(34)21(4)12-24)32(36)28(9-18)17-29-10-19(2)8-27(33(29)37)16-25-13-22(5)31(35)23(6)14-25;1-19-11-23(12-20(2)30(19)34)15-25-17-28(33(5,6)27-7-9-29(36)10-8-27)18-26(32(25)37)16-24-13-21(3)31(35)22(4)14-24;;/h5-16,19-20,42-43H,17-18,21,40-41H2,1-4H3;7-14,36-37H,15-17,34-35H2,1-6H3;7-14,17-18,36-37H,15-16,34-35H2,1-6H3;2*1H4. The number of fused-ring (bicyclic) bond motifs is 2. The van der Waals surface area contributed by atoms with Crippen LogP contribution in [0.15, 0.2) is 194 Å². The van der Waals surface area contributed by atoms with Gasteiger partial charge in [-0.05, 0) is 299 Å². The van der Waals surface area contributed by atoms with Gasteiger partial charge in [-0.3, -0.25) is 0 Å². The molecule has 18 N–H and O–H groups in total. The number of rotatable bonds is 18. The molecule has 0 saturated heterocycles. The molecule has 0 saturated carbocycles. The van der Waals surface area contributed by atoms with Gasteiger partial charge in [0.2, 0.25) is 0 Å². The van der Waals surface area contributed by atoms with Crippen molar-refractivity contribution in [2.75, 3.05) is 34.4 Å². The minimum absolute atomic E-state index is 0. The van der Waals surface area contributed by atoms with Crippen molar-refractivity contribution in [2.24, 2.45) is 0 Å². The fraction of sp³-hybridized carbons (Fsp3) is 0.252. The van der Waals surface area contributed by atoms with Gasteiger partial charge in [-0.1, -0.05) is 210 Å². The lowest BCUT2D eigenvalue weighted by atomic mass is 9.76. The summed E-state index contributed by atoms with van der Waals surface area (Å²) in [6.07, 6.45) is 4.41. The van der Waals surface area contributed by atoms with Gasteiger partial charge in [-0.25, -0.2) is 0 Å². The lowest BCUT2D eigenvalue weighted by molar-refractivity contribution is 0.456. The number of hydrogen-bond donors (Lipinski definition) is 12. The Bertz CT molecular complexity index is 5860. The summed E-state index contributed by atoms with van der Waals surface area (Å²) in [5.41, 5.74) is 73.6. The molecule has 0 fully saturated rings. The van der Waals surface area contributed by atoms with E-state index in [0.717, 1.165) is 234 Å². The molecule has 14 rings (SSSR count). The topological polar surface area (TPSA) is 278 Å². The van der Waals surface area contributed by atoms with Crippen LogP contribution >= 0.6 is 0 Å². The molecular weight excluding hydrogens is 1470 g/mol. The van der Waals surface area contributed by atoms with Gasteiger partial charge in [0, 0.05) is 102 Å². The second kappa shape index (κ2) is 36.4.